The van der Waals surface area contributed by atoms with Crippen molar-refractivity contribution in [2.24, 2.45) is 0 Å². The Morgan fingerprint density at radius 2 is 2.38 bits per heavy atom. The molecule has 72 valence electrons. The predicted molar refractivity (Wildman–Crippen MR) is 53.3 cm³/mol. The molecule has 1 N–H and O–H groups in total. The number of pyridine rings is 1. The van der Waals surface area contributed by atoms with Gasteiger partial charge in [0.05, 0.1) is 11.2 Å². The Labute approximate surface area is 83.1 Å². The molecule has 13 heavy (non-hydrogen) atoms. The molecule has 0 radical (unpaired) electrons. The van der Waals surface area contributed by atoms with Crippen LogP contribution in [0.5, 0.6) is 5.75 Å². The van der Waals surface area contributed by atoms with Crippen molar-refractivity contribution in [2.45, 2.75) is 13.0 Å². The molecule has 0 saturated carbocycles. The van der Waals surface area contributed by atoms with Gasteiger partial charge in [0.15, 0.2) is 0 Å². The average Bonchev–Trinajstić information content (AvgIpc) is 2.04. The lowest BCUT2D eigenvalue weighted by molar-refractivity contribution is 0.220. The first-order chi connectivity index (χ1) is 6.22. The smallest absolute Gasteiger partial charge is 0.139 e. The van der Waals surface area contributed by atoms with E-state index in [1.807, 2.05) is 14.0 Å². The first-order valence-electron chi connectivity index (χ1n) is 4.14. The minimum absolute atomic E-state index is 0.116. The minimum Gasteiger partial charge on any atom is -0.488 e. The lowest BCUT2D eigenvalue weighted by Crippen LogP contribution is -2.26. The van der Waals surface area contributed by atoms with Gasteiger partial charge in [-0.05, 0) is 14.0 Å². The summed E-state index contributed by atoms with van der Waals surface area (Å²) in [5.41, 5.74) is 0. The van der Waals surface area contributed by atoms with Gasteiger partial charge < -0.3 is 10.1 Å². The number of hydrogen-bond acceptors (Lipinski definition) is 3. The summed E-state index contributed by atoms with van der Waals surface area (Å²) in [5, 5.41) is 3.62. The minimum atomic E-state index is 0.116. The van der Waals surface area contributed by atoms with Gasteiger partial charge in [-0.25, -0.2) is 0 Å². The van der Waals surface area contributed by atoms with Crippen LogP contribution in [0.15, 0.2) is 18.5 Å². The third kappa shape index (κ3) is 3.61. The summed E-state index contributed by atoms with van der Waals surface area (Å²) in [6.45, 7) is 2.78. The van der Waals surface area contributed by atoms with Crippen LogP contribution >= 0.6 is 11.6 Å². The van der Waals surface area contributed by atoms with Crippen molar-refractivity contribution in [3.63, 3.8) is 0 Å². The van der Waals surface area contributed by atoms with Gasteiger partial charge in [0.25, 0.3) is 0 Å². The van der Waals surface area contributed by atoms with Crippen LogP contribution in [-0.4, -0.2) is 24.7 Å². The van der Waals surface area contributed by atoms with Crippen LogP contribution < -0.4 is 10.1 Å². The molecule has 0 aromatic carbocycles. The maximum absolute atomic E-state index is 5.75. The van der Waals surface area contributed by atoms with Crippen LogP contribution in [0.2, 0.25) is 5.02 Å². The van der Waals surface area contributed by atoms with Crippen LogP contribution in [0.4, 0.5) is 0 Å². The topological polar surface area (TPSA) is 34.1 Å². The summed E-state index contributed by atoms with van der Waals surface area (Å²) >= 11 is 5.75. The van der Waals surface area contributed by atoms with E-state index in [0.29, 0.717) is 10.8 Å². The molecule has 0 aliphatic heterocycles. The molecule has 0 amide bonds. The second-order valence-corrected chi connectivity index (χ2v) is 3.26. The van der Waals surface area contributed by atoms with Gasteiger partial charge in [-0.1, -0.05) is 11.6 Å². The SMILES string of the molecule is CNCC(C)Oc1cncc(Cl)c1. The number of rotatable bonds is 4. The van der Waals surface area contributed by atoms with Crippen LogP contribution in [0.25, 0.3) is 0 Å². The Morgan fingerprint density at radius 3 is 3.00 bits per heavy atom. The Kier molecular flexibility index (Phi) is 3.99. The largest absolute Gasteiger partial charge is 0.488 e. The standard InChI is InChI=1S/C9H13ClN2O/c1-7(4-11-2)13-9-3-8(10)5-12-6-9/h3,5-7,11H,4H2,1-2H3. The van der Waals surface area contributed by atoms with E-state index in [1.54, 1.807) is 18.5 Å². The van der Waals surface area contributed by atoms with Gasteiger partial charge in [0, 0.05) is 18.8 Å². The van der Waals surface area contributed by atoms with E-state index in [1.165, 1.54) is 0 Å². The molecule has 1 aromatic heterocycles. The normalized spacial score (nSPS) is 12.5. The van der Waals surface area contributed by atoms with E-state index in [4.69, 9.17) is 16.3 Å². The fourth-order valence-corrected chi connectivity index (χ4v) is 1.18. The summed E-state index contributed by atoms with van der Waals surface area (Å²) < 4.78 is 5.53. The van der Waals surface area contributed by atoms with Crippen LogP contribution in [0, 0.1) is 0 Å². The highest BCUT2D eigenvalue weighted by atomic mass is 35.5. The molecule has 1 atom stereocenters. The maximum Gasteiger partial charge on any atom is 0.139 e. The molecule has 3 nitrogen and oxygen atoms in total. The fraction of sp³-hybridized carbons (Fsp3) is 0.444. The molecular weight excluding hydrogens is 188 g/mol. The van der Waals surface area contributed by atoms with E-state index in [0.717, 1.165) is 6.54 Å². The molecule has 1 unspecified atom stereocenters. The molecule has 0 saturated heterocycles. The highest BCUT2D eigenvalue weighted by Crippen LogP contribution is 2.16. The Balaban J connectivity index is 2.53. The van der Waals surface area contributed by atoms with E-state index >= 15 is 0 Å². The second kappa shape index (κ2) is 5.04. The molecule has 1 aromatic rings. The molecule has 0 spiro atoms. The van der Waals surface area contributed by atoms with Crippen molar-refractivity contribution in [1.29, 1.82) is 0 Å². The van der Waals surface area contributed by atoms with Gasteiger partial charge in [0.2, 0.25) is 0 Å². The summed E-state index contributed by atoms with van der Waals surface area (Å²) in [6, 6.07) is 1.75. The Morgan fingerprint density at radius 1 is 1.62 bits per heavy atom. The van der Waals surface area contributed by atoms with Crippen molar-refractivity contribution in [3.8, 4) is 5.75 Å². The summed E-state index contributed by atoms with van der Waals surface area (Å²) in [5.74, 6) is 0.704. The monoisotopic (exact) mass is 200 g/mol. The van der Waals surface area contributed by atoms with Crippen molar-refractivity contribution in [1.82, 2.24) is 10.3 Å². The Bertz CT molecular complexity index is 268. The molecule has 1 heterocycles. The highest BCUT2D eigenvalue weighted by molar-refractivity contribution is 6.30. The third-order valence-corrected chi connectivity index (χ3v) is 1.72. The second-order valence-electron chi connectivity index (χ2n) is 2.83. The first kappa shape index (κ1) is 10.3. The molecular formula is C9H13ClN2O. The number of likely N-dealkylation sites (N-methyl/N-ethyl adjacent to an activating group) is 1. The zero-order chi connectivity index (χ0) is 9.68. The van der Waals surface area contributed by atoms with Crippen molar-refractivity contribution in [2.75, 3.05) is 13.6 Å². The van der Waals surface area contributed by atoms with Crippen molar-refractivity contribution < 1.29 is 4.74 Å². The van der Waals surface area contributed by atoms with Crippen molar-refractivity contribution >= 4 is 11.6 Å². The van der Waals surface area contributed by atoms with Crippen molar-refractivity contribution in [3.05, 3.63) is 23.5 Å². The molecule has 0 fully saturated rings. The maximum atomic E-state index is 5.75. The van der Waals surface area contributed by atoms with Crippen LogP contribution in [0.3, 0.4) is 0 Å². The summed E-state index contributed by atoms with van der Waals surface area (Å²) in [4.78, 5) is 3.92. The van der Waals surface area contributed by atoms with Crippen LogP contribution in [-0.2, 0) is 0 Å². The molecule has 0 aliphatic rings. The van der Waals surface area contributed by atoms with Gasteiger partial charge in [-0.2, -0.15) is 0 Å². The molecule has 0 aliphatic carbocycles. The number of aromatic nitrogens is 1. The van der Waals surface area contributed by atoms with E-state index < -0.39 is 0 Å². The molecule has 0 bridgehead atoms. The summed E-state index contributed by atoms with van der Waals surface area (Å²) in [6.07, 6.45) is 3.35. The van der Waals surface area contributed by atoms with E-state index in [9.17, 15) is 0 Å². The molecule has 4 heteroatoms. The lowest BCUT2D eigenvalue weighted by Gasteiger charge is -2.13. The van der Waals surface area contributed by atoms with Gasteiger partial charge >= 0.3 is 0 Å². The number of halogens is 1. The lowest BCUT2D eigenvalue weighted by atomic mass is 10.4. The zero-order valence-corrected chi connectivity index (χ0v) is 8.51. The van der Waals surface area contributed by atoms with Gasteiger partial charge in [-0.15, -0.1) is 0 Å². The van der Waals surface area contributed by atoms with E-state index in [-0.39, 0.29) is 6.10 Å². The first-order valence-corrected chi connectivity index (χ1v) is 4.52. The number of ether oxygens (including phenoxy) is 1. The highest BCUT2D eigenvalue weighted by Gasteiger charge is 2.02. The number of nitrogens with one attached hydrogen (secondary N) is 1. The summed E-state index contributed by atoms with van der Waals surface area (Å²) in [7, 11) is 1.89. The van der Waals surface area contributed by atoms with E-state index in [2.05, 4.69) is 10.3 Å². The quantitative estimate of drug-likeness (QED) is 0.804. The predicted octanol–water partition coefficient (Wildman–Crippen LogP) is 1.72. The third-order valence-electron chi connectivity index (χ3n) is 1.51. The average molecular weight is 201 g/mol. The van der Waals surface area contributed by atoms with Gasteiger partial charge in [-0.3, -0.25) is 4.98 Å². The Hall–Kier alpha value is -0.800. The molecule has 1 rings (SSSR count). The number of hydrogen-bond donors (Lipinski definition) is 1. The van der Waals surface area contributed by atoms with Gasteiger partial charge in [0.1, 0.15) is 11.9 Å². The zero-order valence-electron chi connectivity index (χ0n) is 7.75. The fourth-order valence-electron chi connectivity index (χ4n) is 1.02. The number of nitrogens with zero attached hydrogens (tertiary/aromatic N) is 1. The van der Waals surface area contributed by atoms with Crippen LogP contribution in [0.1, 0.15) is 6.92 Å².